The summed E-state index contributed by atoms with van der Waals surface area (Å²) in [5, 5.41) is 10.1. The van der Waals surface area contributed by atoms with Crippen LogP contribution in [0.5, 0.6) is 5.75 Å². The van der Waals surface area contributed by atoms with Gasteiger partial charge in [-0.3, -0.25) is 0 Å². The molecule has 0 bridgehead atoms. The molecule has 1 N–H and O–H groups in total. The highest BCUT2D eigenvalue weighted by atomic mass is 19.1. The molecule has 2 rings (SSSR count). The Morgan fingerprint density at radius 3 is 2.50 bits per heavy atom. The number of hydrogen-bond donors (Lipinski definition) is 1. The van der Waals surface area contributed by atoms with Crippen molar-refractivity contribution < 1.29 is 18.6 Å². The number of benzene rings is 2. The maximum Gasteiger partial charge on any atom is 0.165 e. The van der Waals surface area contributed by atoms with Crippen LogP contribution in [0.4, 0.5) is 8.78 Å². The van der Waals surface area contributed by atoms with Crippen molar-refractivity contribution in [3.8, 4) is 5.75 Å². The zero-order chi connectivity index (χ0) is 14.7. The largest absolute Gasteiger partial charge is 0.494 e. The molecule has 0 fully saturated rings. The molecule has 0 aromatic heterocycles. The van der Waals surface area contributed by atoms with E-state index in [1.54, 1.807) is 18.2 Å². The standard InChI is InChI=1S/C16H16F2O2/c1-10-3-5-13(17)12(7-10)15(19)9-11-4-6-16(20-2)14(18)8-11/h3-8,15,19H,9H2,1-2H3. The van der Waals surface area contributed by atoms with Gasteiger partial charge in [-0.05, 0) is 30.7 Å². The molecule has 0 amide bonds. The van der Waals surface area contributed by atoms with Crippen molar-refractivity contribution in [1.82, 2.24) is 0 Å². The first kappa shape index (κ1) is 14.5. The van der Waals surface area contributed by atoms with Crippen molar-refractivity contribution in [2.45, 2.75) is 19.4 Å². The summed E-state index contributed by atoms with van der Waals surface area (Å²) in [4.78, 5) is 0. The zero-order valence-electron chi connectivity index (χ0n) is 11.4. The van der Waals surface area contributed by atoms with Crippen molar-refractivity contribution in [3.63, 3.8) is 0 Å². The fourth-order valence-electron chi connectivity index (χ4n) is 2.09. The fourth-order valence-corrected chi connectivity index (χ4v) is 2.09. The summed E-state index contributed by atoms with van der Waals surface area (Å²) in [5.41, 5.74) is 1.67. The van der Waals surface area contributed by atoms with E-state index in [9.17, 15) is 13.9 Å². The van der Waals surface area contributed by atoms with E-state index in [1.165, 1.54) is 25.3 Å². The number of halogens is 2. The van der Waals surface area contributed by atoms with Crippen molar-refractivity contribution in [1.29, 1.82) is 0 Å². The third kappa shape index (κ3) is 3.14. The van der Waals surface area contributed by atoms with Crippen LogP contribution in [0.3, 0.4) is 0 Å². The molecule has 0 radical (unpaired) electrons. The quantitative estimate of drug-likeness (QED) is 0.926. The molecule has 0 spiro atoms. The van der Waals surface area contributed by atoms with E-state index in [-0.39, 0.29) is 17.7 Å². The molecule has 4 heteroatoms. The van der Waals surface area contributed by atoms with Crippen LogP contribution in [0.1, 0.15) is 22.8 Å². The monoisotopic (exact) mass is 278 g/mol. The molecule has 106 valence electrons. The van der Waals surface area contributed by atoms with Crippen LogP contribution in [-0.4, -0.2) is 12.2 Å². The van der Waals surface area contributed by atoms with E-state index in [0.717, 1.165) is 5.56 Å². The summed E-state index contributed by atoms with van der Waals surface area (Å²) in [7, 11) is 1.38. The lowest BCUT2D eigenvalue weighted by molar-refractivity contribution is 0.173. The van der Waals surface area contributed by atoms with Crippen LogP contribution in [0.15, 0.2) is 36.4 Å². The summed E-state index contributed by atoms with van der Waals surface area (Å²) >= 11 is 0. The lowest BCUT2D eigenvalue weighted by Crippen LogP contribution is -2.05. The molecule has 2 aromatic rings. The summed E-state index contributed by atoms with van der Waals surface area (Å²) in [6, 6.07) is 8.99. The molecule has 20 heavy (non-hydrogen) atoms. The molecule has 0 saturated heterocycles. The lowest BCUT2D eigenvalue weighted by Gasteiger charge is -2.13. The Morgan fingerprint density at radius 2 is 1.85 bits per heavy atom. The summed E-state index contributed by atoms with van der Waals surface area (Å²) in [5.74, 6) is -0.816. The lowest BCUT2D eigenvalue weighted by atomic mass is 9.99. The van der Waals surface area contributed by atoms with Crippen molar-refractivity contribution in [2.75, 3.05) is 7.11 Å². The molecule has 2 nitrogen and oxygen atoms in total. The smallest absolute Gasteiger partial charge is 0.165 e. The van der Waals surface area contributed by atoms with Gasteiger partial charge in [-0.1, -0.05) is 23.8 Å². The minimum atomic E-state index is -1.01. The minimum Gasteiger partial charge on any atom is -0.494 e. The van der Waals surface area contributed by atoms with E-state index >= 15 is 0 Å². The molecule has 1 unspecified atom stereocenters. The van der Waals surface area contributed by atoms with E-state index in [2.05, 4.69) is 0 Å². The maximum absolute atomic E-state index is 13.7. The van der Waals surface area contributed by atoms with Gasteiger partial charge in [0.1, 0.15) is 5.82 Å². The topological polar surface area (TPSA) is 29.5 Å². The zero-order valence-corrected chi connectivity index (χ0v) is 11.4. The van der Waals surface area contributed by atoms with Crippen LogP contribution in [0.2, 0.25) is 0 Å². The average Bonchev–Trinajstić information content (AvgIpc) is 2.41. The third-order valence-electron chi connectivity index (χ3n) is 3.16. The molecular formula is C16H16F2O2. The molecule has 1 atom stereocenters. The number of aryl methyl sites for hydroxylation is 1. The number of ether oxygens (including phenoxy) is 1. The number of rotatable bonds is 4. The van der Waals surface area contributed by atoms with Gasteiger partial charge >= 0.3 is 0 Å². The second-order valence-corrected chi connectivity index (χ2v) is 4.71. The van der Waals surface area contributed by atoms with E-state index in [0.29, 0.717) is 5.56 Å². The van der Waals surface area contributed by atoms with Gasteiger partial charge in [-0.25, -0.2) is 8.78 Å². The number of hydrogen-bond acceptors (Lipinski definition) is 2. The predicted molar refractivity (Wildman–Crippen MR) is 72.8 cm³/mol. The van der Waals surface area contributed by atoms with Gasteiger partial charge in [-0.15, -0.1) is 0 Å². The Hall–Kier alpha value is -1.94. The highest BCUT2D eigenvalue weighted by Crippen LogP contribution is 2.24. The normalized spacial score (nSPS) is 12.2. The highest BCUT2D eigenvalue weighted by molar-refractivity contribution is 5.32. The van der Waals surface area contributed by atoms with Gasteiger partial charge in [0, 0.05) is 12.0 Å². The molecule has 0 saturated carbocycles. The van der Waals surface area contributed by atoms with Crippen LogP contribution in [0.25, 0.3) is 0 Å². The first-order valence-corrected chi connectivity index (χ1v) is 6.28. The SMILES string of the molecule is COc1ccc(CC(O)c2cc(C)ccc2F)cc1F. The molecule has 2 aromatic carbocycles. The Kier molecular flexibility index (Phi) is 4.35. The molecule has 0 aliphatic rings. The first-order valence-electron chi connectivity index (χ1n) is 6.28. The Balaban J connectivity index is 2.21. The van der Waals surface area contributed by atoms with E-state index in [1.807, 2.05) is 6.92 Å². The predicted octanol–water partition coefficient (Wildman–Crippen LogP) is 3.56. The Labute approximate surface area is 116 Å². The van der Waals surface area contributed by atoms with Crippen LogP contribution >= 0.6 is 0 Å². The third-order valence-corrected chi connectivity index (χ3v) is 3.16. The highest BCUT2D eigenvalue weighted by Gasteiger charge is 2.14. The van der Waals surface area contributed by atoms with Gasteiger partial charge in [0.05, 0.1) is 13.2 Å². The van der Waals surface area contributed by atoms with E-state index in [4.69, 9.17) is 4.74 Å². The summed E-state index contributed by atoms with van der Waals surface area (Å²) < 4.78 is 32.1. The van der Waals surface area contributed by atoms with Gasteiger partial charge in [-0.2, -0.15) is 0 Å². The van der Waals surface area contributed by atoms with Crippen LogP contribution in [-0.2, 0) is 6.42 Å². The second-order valence-electron chi connectivity index (χ2n) is 4.71. The Morgan fingerprint density at radius 1 is 1.10 bits per heavy atom. The first-order chi connectivity index (χ1) is 9.51. The Bertz CT molecular complexity index is 611. The maximum atomic E-state index is 13.7. The van der Waals surface area contributed by atoms with Crippen LogP contribution in [0, 0.1) is 18.6 Å². The van der Waals surface area contributed by atoms with E-state index < -0.39 is 17.7 Å². The van der Waals surface area contributed by atoms with Gasteiger partial charge in [0.2, 0.25) is 0 Å². The summed E-state index contributed by atoms with van der Waals surface area (Å²) in [6.45, 7) is 1.82. The van der Waals surface area contributed by atoms with Crippen molar-refractivity contribution >= 4 is 0 Å². The molecule has 0 heterocycles. The fraction of sp³-hybridized carbons (Fsp3) is 0.250. The van der Waals surface area contributed by atoms with Crippen molar-refractivity contribution in [3.05, 3.63) is 64.7 Å². The molecule has 0 aliphatic carbocycles. The summed E-state index contributed by atoms with van der Waals surface area (Å²) in [6.07, 6.45) is -0.871. The second kappa shape index (κ2) is 6.01. The number of aliphatic hydroxyl groups is 1. The van der Waals surface area contributed by atoms with Gasteiger partial charge in [0.25, 0.3) is 0 Å². The average molecular weight is 278 g/mol. The molecular weight excluding hydrogens is 262 g/mol. The van der Waals surface area contributed by atoms with Gasteiger partial charge in [0.15, 0.2) is 11.6 Å². The van der Waals surface area contributed by atoms with Crippen molar-refractivity contribution in [2.24, 2.45) is 0 Å². The van der Waals surface area contributed by atoms with Gasteiger partial charge < -0.3 is 9.84 Å². The van der Waals surface area contributed by atoms with Crippen LogP contribution < -0.4 is 4.74 Å². The number of aliphatic hydroxyl groups excluding tert-OH is 1. The molecule has 0 aliphatic heterocycles. The minimum absolute atomic E-state index is 0.140. The number of methoxy groups -OCH3 is 1.